The standard InChI is InChI=1S/C34H44N2O6/c1-21(2)26(32(41)28(37)17-16-23-12-14-24(15-13-23)18-31(35)40)19-29(38)22(3)36-33(42)27(34(4,5)6)20-30(39)25-10-8-7-9-11-25/h7-15,21-22,26-27H,16-20H2,1-6H3,(H2,35,40)(H,36,42)/t22-,26-,27+/m0/s1. The number of primary amides is 1. The van der Waals surface area contributed by atoms with Crippen LogP contribution in [-0.4, -0.2) is 41.0 Å². The zero-order valence-corrected chi connectivity index (χ0v) is 25.6. The molecule has 0 aliphatic heterocycles. The Bertz CT molecular complexity index is 1280. The first-order valence-electron chi connectivity index (χ1n) is 14.4. The van der Waals surface area contributed by atoms with Crippen LogP contribution < -0.4 is 11.1 Å². The third kappa shape index (κ3) is 10.5. The molecule has 0 radical (unpaired) electrons. The quantitative estimate of drug-likeness (QED) is 0.223. The lowest BCUT2D eigenvalue weighted by atomic mass is 9.76. The molecule has 0 fully saturated rings. The van der Waals surface area contributed by atoms with Crippen LogP contribution in [-0.2, 0) is 36.8 Å². The van der Waals surface area contributed by atoms with Gasteiger partial charge in [0.05, 0.1) is 18.4 Å². The predicted octanol–water partition coefficient (Wildman–Crippen LogP) is 4.46. The molecular weight excluding hydrogens is 532 g/mol. The molecule has 0 heterocycles. The maximum absolute atomic E-state index is 13.3. The summed E-state index contributed by atoms with van der Waals surface area (Å²) in [7, 11) is 0. The molecule has 0 aliphatic rings. The fraction of sp³-hybridized carbons (Fsp3) is 0.471. The van der Waals surface area contributed by atoms with E-state index in [0.29, 0.717) is 12.0 Å². The SMILES string of the molecule is CC(C)[C@H](CC(=O)[C@H](C)NC(=O)[C@@H](CC(=O)c1ccccc1)C(C)(C)C)C(=O)C(=O)CCc1ccc(CC(N)=O)cc1. The summed E-state index contributed by atoms with van der Waals surface area (Å²) < 4.78 is 0. The van der Waals surface area contributed by atoms with Crippen molar-refractivity contribution in [1.29, 1.82) is 0 Å². The van der Waals surface area contributed by atoms with Gasteiger partial charge in [0.1, 0.15) is 0 Å². The van der Waals surface area contributed by atoms with E-state index in [2.05, 4.69) is 5.32 Å². The second-order valence-electron chi connectivity index (χ2n) is 12.4. The van der Waals surface area contributed by atoms with Crippen molar-refractivity contribution in [2.24, 2.45) is 28.9 Å². The van der Waals surface area contributed by atoms with E-state index >= 15 is 0 Å². The topological polar surface area (TPSA) is 140 Å². The molecule has 42 heavy (non-hydrogen) atoms. The summed E-state index contributed by atoms with van der Waals surface area (Å²) in [6.07, 6.45) is 0.302. The molecule has 0 bridgehead atoms. The van der Waals surface area contributed by atoms with E-state index in [-0.39, 0.29) is 43.2 Å². The van der Waals surface area contributed by atoms with Crippen molar-refractivity contribution in [3.05, 3.63) is 71.3 Å². The third-order valence-corrected chi connectivity index (χ3v) is 7.57. The molecule has 2 aromatic rings. The van der Waals surface area contributed by atoms with Gasteiger partial charge in [0.15, 0.2) is 17.3 Å². The molecule has 0 unspecified atom stereocenters. The van der Waals surface area contributed by atoms with Gasteiger partial charge >= 0.3 is 0 Å². The van der Waals surface area contributed by atoms with Crippen LogP contribution in [0.1, 0.15) is 82.3 Å². The third-order valence-electron chi connectivity index (χ3n) is 7.57. The Balaban J connectivity index is 2.00. The fourth-order valence-electron chi connectivity index (χ4n) is 4.75. The highest BCUT2D eigenvalue weighted by Crippen LogP contribution is 2.30. The van der Waals surface area contributed by atoms with E-state index in [9.17, 15) is 28.8 Å². The van der Waals surface area contributed by atoms with E-state index in [4.69, 9.17) is 5.73 Å². The minimum atomic E-state index is -0.891. The summed E-state index contributed by atoms with van der Waals surface area (Å²) in [6, 6.07) is 15.0. The molecule has 8 heteroatoms. The lowest BCUT2D eigenvalue weighted by Gasteiger charge is -2.30. The summed E-state index contributed by atoms with van der Waals surface area (Å²) in [5, 5.41) is 2.75. The van der Waals surface area contributed by atoms with Crippen LogP contribution in [0.25, 0.3) is 0 Å². The van der Waals surface area contributed by atoms with Crippen LogP contribution in [0.2, 0.25) is 0 Å². The van der Waals surface area contributed by atoms with Crippen molar-refractivity contribution < 1.29 is 28.8 Å². The normalized spacial score (nSPS) is 13.6. The van der Waals surface area contributed by atoms with Gasteiger partial charge in [0.25, 0.3) is 0 Å². The largest absolute Gasteiger partial charge is 0.369 e. The molecule has 0 spiro atoms. The number of aryl methyl sites for hydroxylation is 1. The van der Waals surface area contributed by atoms with Crippen molar-refractivity contribution in [3.63, 3.8) is 0 Å². The molecule has 2 aromatic carbocycles. The van der Waals surface area contributed by atoms with Crippen LogP contribution in [0.4, 0.5) is 0 Å². The Labute approximate surface area is 248 Å². The number of nitrogens with two attached hydrogens (primary N) is 1. The summed E-state index contributed by atoms with van der Waals surface area (Å²) in [4.78, 5) is 76.2. The maximum Gasteiger partial charge on any atom is 0.224 e. The molecule has 0 aromatic heterocycles. The van der Waals surface area contributed by atoms with Crippen LogP contribution >= 0.6 is 0 Å². The van der Waals surface area contributed by atoms with Gasteiger partial charge in [-0.1, -0.05) is 89.2 Å². The van der Waals surface area contributed by atoms with Crippen molar-refractivity contribution in [1.82, 2.24) is 5.32 Å². The van der Waals surface area contributed by atoms with Gasteiger partial charge in [-0.15, -0.1) is 0 Å². The van der Waals surface area contributed by atoms with Crippen LogP contribution in [0.3, 0.4) is 0 Å². The monoisotopic (exact) mass is 576 g/mol. The summed E-state index contributed by atoms with van der Waals surface area (Å²) in [5.41, 5.74) is 6.81. The number of nitrogens with one attached hydrogen (secondary N) is 1. The average Bonchev–Trinajstić information content (AvgIpc) is 2.92. The van der Waals surface area contributed by atoms with Gasteiger partial charge in [-0.25, -0.2) is 0 Å². The van der Waals surface area contributed by atoms with E-state index in [1.807, 2.05) is 26.8 Å². The zero-order chi connectivity index (χ0) is 31.6. The van der Waals surface area contributed by atoms with Gasteiger partial charge in [-0.3, -0.25) is 28.8 Å². The summed E-state index contributed by atoms with van der Waals surface area (Å²) in [5.74, 6) is -4.22. The van der Waals surface area contributed by atoms with Crippen LogP contribution in [0.5, 0.6) is 0 Å². The van der Waals surface area contributed by atoms with Crippen molar-refractivity contribution in [2.45, 2.75) is 79.7 Å². The van der Waals surface area contributed by atoms with Crippen LogP contribution in [0.15, 0.2) is 54.6 Å². The highest BCUT2D eigenvalue weighted by atomic mass is 16.2. The highest BCUT2D eigenvalue weighted by molar-refractivity contribution is 6.38. The number of benzene rings is 2. The van der Waals surface area contributed by atoms with Crippen molar-refractivity contribution >= 4 is 34.9 Å². The zero-order valence-electron chi connectivity index (χ0n) is 25.6. The summed E-state index contributed by atoms with van der Waals surface area (Å²) in [6.45, 7) is 10.7. The Morgan fingerprint density at radius 1 is 0.810 bits per heavy atom. The molecule has 0 saturated heterocycles. The van der Waals surface area contributed by atoms with Gasteiger partial charge in [-0.05, 0) is 35.8 Å². The number of carbonyl (C=O) groups is 6. The van der Waals surface area contributed by atoms with Gasteiger partial charge < -0.3 is 11.1 Å². The first kappa shape index (κ1) is 34.3. The van der Waals surface area contributed by atoms with E-state index < -0.39 is 46.7 Å². The first-order chi connectivity index (χ1) is 19.6. The van der Waals surface area contributed by atoms with Crippen molar-refractivity contribution in [3.8, 4) is 0 Å². The average molecular weight is 577 g/mol. The molecule has 2 rings (SSSR count). The molecule has 2 amide bonds. The molecule has 0 saturated carbocycles. The molecule has 3 N–H and O–H groups in total. The number of hydrogen-bond acceptors (Lipinski definition) is 6. The van der Waals surface area contributed by atoms with Crippen molar-refractivity contribution in [2.75, 3.05) is 0 Å². The fourth-order valence-corrected chi connectivity index (χ4v) is 4.75. The molecule has 0 aliphatic carbocycles. The maximum atomic E-state index is 13.3. The predicted molar refractivity (Wildman–Crippen MR) is 162 cm³/mol. The first-order valence-corrected chi connectivity index (χ1v) is 14.4. The Hall–Kier alpha value is -3.94. The highest BCUT2D eigenvalue weighted by Gasteiger charge is 2.36. The number of Topliss-reactive ketones (excluding diaryl/α,β-unsaturated/α-hetero) is 4. The van der Waals surface area contributed by atoms with E-state index in [0.717, 1.165) is 11.1 Å². The minimum Gasteiger partial charge on any atom is -0.369 e. The summed E-state index contributed by atoms with van der Waals surface area (Å²) >= 11 is 0. The Morgan fingerprint density at radius 3 is 1.90 bits per heavy atom. The van der Waals surface area contributed by atoms with Gasteiger partial charge in [-0.2, -0.15) is 0 Å². The molecular formula is C34H44N2O6. The number of hydrogen-bond donors (Lipinski definition) is 2. The van der Waals surface area contributed by atoms with Crippen LogP contribution in [0, 0.1) is 23.2 Å². The Kier molecular flexibility index (Phi) is 12.5. The van der Waals surface area contributed by atoms with E-state index in [1.54, 1.807) is 69.3 Å². The second-order valence-corrected chi connectivity index (χ2v) is 12.4. The van der Waals surface area contributed by atoms with Gasteiger partial charge in [0, 0.05) is 30.7 Å². The van der Waals surface area contributed by atoms with Gasteiger partial charge in [0.2, 0.25) is 17.6 Å². The lowest BCUT2D eigenvalue weighted by Crippen LogP contribution is -2.46. The molecule has 8 nitrogen and oxygen atoms in total. The number of carbonyl (C=O) groups excluding carboxylic acids is 6. The number of ketones is 4. The minimum absolute atomic E-state index is 0.000402. The lowest BCUT2D eigenvalue weighted by molar-refractivity contribution is -0.141. The second kappa shape index (κ2) is 15.3. The molecule has 3 atom stereocenters. The van der Waals surface area contributed by atoms with E-state index in [1.165, 1.54) is 0 Å². The molecule has 226 valence electrons. The number of rotatable bonds is 16. The Morgan fingerprint density at radius 2 is 1.38 bits per heavy atom. The smallest absolute Gasteiger partial charge is 0.224 e. The number of amides is 2.